The molecule has 0 saturated heterocycles. The van der Waals surface area contributed by atoms with E-state index < -0.39 is 0 Å². The molecule has 1 saturated carbocycles. The molecule has 0 heterocycles. The number of rotatable bonds is 7. The summed E-state index contributed by atoms with van der Waals surface area (Å²) in [4.78, 5) is 0. The predicted octanol–water partition coefficient (Wildman–Crippen LogP) is 1.90. The van der Waals surface area contributed by atoms with Crippen molar-refractivity contribution in [3.8, 4) is 0 Å². The fourth-order valence-electron chi connectivity index (χ4n) is 2.21. The third-order valence-corrected chi connectivity index (χ3v) is 3.01. The van der Waals surface area contributed by atoms with Gasteiger partial charge in [-0.05, 0) is 18.9 Å². The van der Waals surface area contributed by atoms with Gasteiger partial charge in [0, 0.05) is 13.1 Å². The lowest BCUT2D eigenvalue weighted by Gasteiger charge is -2.08. The van der Waals surface area contributed by atoms with Crippen LogP contribution in [0.15, 0.2) is 0 Å². The minimum absolute atomic E-state index is 0.766. The van der Waals surface area contributed by atoms with Crippen molar-refractivity contribution in [3.63, 3.8) is 0 Å². The number of unbranched alkanes of at least 4 members (excludes halogenated alkanes) is 1. The summed E-state index contributed by atoms with van der Waals surface area (Å²) in [5.41, 5.74) is 5.38. The standard InChI is InChI=1S/C11H24N2/c12-8-10-13-9-4-3-7-11-5-1-2-6-11/h11,13H,1-10,12H2. The van der Waals surface area contributed by atoms with Gasteiger partial charge in [0.25, 0.3) is 0 Å². The van der Waals surface area contributed by atoms with Gasteiger partial charge < -0.3 is 11.1 Å². The average molecular weight is 184 g/mol. The van der Waals surface area contributed by atoms with E-state index in [4.69, 9.17) is 5.73 Å². The van der Waals surface area contributed by atoms with E-state index in [1.165, 1.54) is 44.9 Å². The molecule has 0 unspecified atom stereocenters. The molecule has 3 N–H and O–H groups in total. The summed E-state index contributed by atoms with van der Waals surface area (Å²) in [6.45, 7) is 2.90. The molecule has 0 bridgehead atoms. The van der Waals surface area contributed by atoms with E-state index in [2.05, 4.69) is 5.32 Å². The lowest BCUT2D eigenvalue weighted by atomic mass is 10.0. The minimum atomic E-state index is 0.766. The van der Waals surface area contributed by atoms with E-state index in [0.717, 1.165) is 25.6 Å². The Kier molecular flexibility index (Phi) is 6.21. The van der Waals surface area contributed by atoms with Crippen LogP contribution in [0.2, 0.25) is 0 Å². The smallest absolute Gasteiger partial charge is 0.00745 e. The first-order valence-corrected chi connectivity index (χ1v) is 5.84. The molecule has 0 aromatic carbocycles. The van der Waals surface area contributed by atoms with Crippen LogP contribution in [0.5, 0.6) is 0 Å². The monoisotopic (exact) mass is 184 g/mol. The summed E-state index contributed by atoms with van der Waals surface area (Å²) in [5.74, 6) is 1.06. The van der Waals surface area contributed by atoms with Crippen LogP contribution in [0.25, 0.3) is 0 Å². The molecule has 13 heavy (non-hydrogen) atoms. The first kappa shape index (κ1) is 11.0. The Morgan fingerprint density at radius 1 is 1.08 bits per heavy atom. The Morgan fingerprint density at radius 2 is 1.85 bits per heavy atom. The van der Waals surface area contributed by atoms with E-state index in [1.807, 2.05) is 0 Å². The highest BCUT2D eigenvalue weighted by Gasteiger charge is 2.13. The molecule has 1 aliphatic carbocycles. The van der Waals surface area contributed by atoms with Crippen LogP contribution in [-0.2, 0) is 0 Å². The van der Waals surface area contributed by atoms with Crippen LogP contribution in [0.4, 0.5) is 0 Å². The van der Waals surface area contributed by atoms with E-state index in [1.54, 1.807) is 0 Å². The molecule has 2 heteroatoms. The molecule has 2 nitrogen and oxygen atoms in total. The zero-order chi connectivity index (χ0) is 9.36. The maximum absolute atomic E-state index is 5.38. The number of nitrogens with two attached hydrogens (primary N) is 1. The second-order valence-electron chi connectivity index (χ2n) is 4.18. The molecule has 0 amide bonds. The maximum Gasteiger partial charge on any atom is 0.00745 e. The summed E-state index contributed by atoms with van der Waals surface area (Å²) in [6, 6.07) is 0. The molecule has 0 radical (unpaired) electrons. The molecule has 0 atom stereocenters. The molecule has 0 aliphatic heterocycles. The van der Waals surface area contributed by atoms with Crippen molar-refractivity contribution in [2.45, 2.75) is 44.9 Å². The quantitative estimate of drug-likeness (QED) is 0.593. The normalized spacial score (nSPS) is 18.2. The van der Waals surface area contributed by atoms with E-state index >= 15 is 0 Å². The molecular weight excluding hydrogens is 160 g/mol. The van der Waals surface area contributed by atoms with Crippen molar-refractivity contribution in [3.05, 3.63) is 0 Å². The lowest BCUT2D eigenvalue weighted by Crippen LogP contribution is -2.23. The zero-order valence-electron chi connectivity index (χ0n) is 8.73. The number of hydrogen-bond acceptors (Lipinski definition) is 2. The Hall–Kier alpha value is -0.0800. The Morgan fingerprint density at radius 3 is 2.54 bits per heavy atom. The summed E-state index contributed by atoms with van der Waals surface area (Å²) in [5, 5.41) is 3.34. The van der Waals surface area contributed by atoms with Gasteiger partial charge in [-0.1, -0.05) is 38.5 Å². The van der Waals surface area contributed by atoms with Gasteiger partial charge in [0.05, 0.1) is 0 Å². The second kappa shape index (κ2) is 7.34. The van der Waals surface area contributed by atoms with Crippen LogP contribution < -0.4 is 11.1 Å². The first-order valence-electron chi connectivity index (χ1n) is 5.84. The maximum atomic E-state index is 5.38. The third kappa shape index (κ3) is 5.27. The van der Waals surface area contributed by atoms with Gasteiger partial charge in [0.2, 0.25) is 0 Å². The highest BCUT2D eigenvalue weighted by molar-refractivity contribution is 4.67. The van der Waals surface area contributed by atoms with Crippen molar-refractivity contribution in [2.24, 2.45) is 11.7 Å². The van der Waals surface area contributed by atoms with Gasteiger partial charge in [-0.15, -0.1) is 0 Å². The molecule has 1 aliphatic rings. The zero-order valence-corrected chi connectivity index (χ0v) is 8.73. The lowest BCUT2D eigenvalue weighted by molar-refractivity contribution is 0.467. The van der Waals surface area contributed by atoms with Crippen molar-refractivity contribution < 1.29 is 0 Å². The summed E-state index contributed by atoms with van der Waals surface area (Å²) in [7, 11) is 0. The molecule has 1 fully saturated rings. The molecule has 0 spiro atoms. The van der Waals surface area contributed by atoms with Gasteiger partial charge in [-0.2, -0.15) is 0 Å². The third-order valence-electron chi connectivity index (χ3n) is 3.01. The summed E-state index contributed by atoms with van der Waals surface area (Å²) >= 11 is 0. The molecule has 1 rings (SSSR count). The summed E-state index contributed by atoms with van der Waals surface area (Å²) < 4.78 is 0. The fourth-order valence-corrected chi connectivity index (χ4v) is 2.21. The van der Waals surface area contributed by atoms with Gasteiger partial charge in [0.15, 0.2) is 0 Å². The van der Waals surface area contributed by atoms with Gasteiger partial charge in [-0.3, -0.25) is 0 Å². The predicted molar refractivity (Wildman–Crippen MR) is 57.7 cm³/mol. The molecule has 78 valence electrons. The van der Waals surface area contributed by atoms with Gasteiger partial charge in [0.1, 0.15) is 0 Å². The summed E-state index contributed by atoms with van der Waals surface area (Å²) in [6.07, 6.45) is 10.2. The SMILES string of the molecule is NCCNCCCCC1CCCC1. The van der Waals surface area contributed by atoms with Crippen molar-refractivity contribution in [1.29, 1.82) is 0 Å². The van der Waals surface area contributed by atoms with Gasteiger partial charge >= 0.3 is 0 Å². The Bertz CT molecular complexity index is 109. The van der Waals surface area contributed by atoms with Crippen LogP contribution >= 0.6 is 0 Å². The highest BCUT2D eigenvalue weighted by Crippen LogP contribution is 2.28. The molecule has 0 aromatic heterocycles. The van der Waals surface area contributed by atoms with E-state index in [9.17, 15) is 0 Å². The largest absolute Gasteiger partial charge is 0.329 e. The van der Waals surface area contributed by atoms with Crippen LogP contribution in [0.3, 0.4) is 0 Å². The number of hydrogen-bond donors (Lipinski definition) is 2. The second-order valence-corrected chi connectivity index (χ2v) is 4.18. The Balaban J connectivity index is 1.78. The van der Waals surface area contributed by atoms with Crippen molar-refractivity contribution in [1.82, 2.24) is 5.32 Å². The average Bonchev–Trinajstić information content (AvgIpc) is 2.63. The van der Waals surface area contributed by atoms with Crippen LogP contribution in [0, 0.1) is 5.92 Å². The highest BCUT2D eigenvalue weighted by atomic mass is 14.9. The number of nitrogens with one attached hydrogen (secondary N) is 1. The van der Waals surface area contributed by atoms with E-state index in [0.29, 0.717) is 0 Å². The molecular formula is C11H24N2. The van der Waals surface area contributed by atoms with Crippen molar-refractivity contribution in [2.75, 3.05) is 19.6 Å². The van der Waals surface area contributed by atoms with Gasteiger partial charge in [-0.25, -0.2) is 0 Å². The fraction of sp³-hybridized carbons (Fsp3) is 1.00. The van der Waals surface area contributed by atoms with Crippen LogP contribution in [0.1, 0.15) is 44.9 Å². The van der Waals surface area contributed by atoms with Crippen LogP contribution in [-0.4, -0.2) is 19.6 Å². The van der Waals surface area contributed by atoms with Crippen molar-refractivity contribution >= 4 is 0 Å². The van der Waals surface area contributed by atoms with E-state index in [-0.39, 0.29) is 0 Å². The minimum Gasteiger partial charge on any atom is -0.329 e. The Labute approximate surface area is 82.3 Å². The molecule has 0 aromatic rings. The topological polar surface area (TPSA) is 38.0 Å². The first-order chi connectivity index (χ1) is 6.43.